The van der Waals surface area contributed by atoms with Gasteiger partial charge < -0.3 is 11.5 Å². The number of urea groups is 1. The minimum absolute atomic E-state index is 0.0493. The minimum atomic E-state index is -4.72. The van der Waals surface area contributed by atoms with Crippen molar-refractivity contribution in [2.75, 3.05) is 10.6 Å². The Morgan fingerprint density at radius 3 is 2.37 bits per heavy atom. The monoisotopic (exact) mass is 398 g/mol. The number of thiazole rings is 1. The van der Waals surface area contributed by atoms with Crippen LogP contribution in [0.1, 0.15) is 5.56 Å². The normalized spacial score (nSPS) is 11.4. The predicted molar refractivity (Wildman–Crippen MR) is 90.7 cm³/mol. The first kappa shape index (κ1) is 18.5. The molecule has 4 N–H and O–H groups in total. The molecule has 7 nitrogen and oxygen atoms in total. The second-order valence-corrected chi connectivity index (χ2v) is 6.18. The van der Waals surface area contributed by atoms with Gasteiger partial charge in [0.25, 0.3) is 0 Å². The van der Waals surface area contributed by atoms with Crippen molar-refractivity contribution in [1.82, 2.24) is 15.0 Å². The van der Waals surface area contributed by atoms with Gasteiger partial charge in [-0.1, -0.05) is 11.3 Å². The third kappa shape index (κ3) is 3.79. The van der Waals surface area contributed by atoms with E-state index in [1.807, 2.05) is 0 Å². The van der Waals surface area contributed by atoms with Crippen LogP contribution in [0.2, 0.25) is 0 Å². The highest BCUT2D eigenvalue weighted by Crippen LogP contribution is 2.38. The Bertz CT molecular complexity index is 989. The van der Waals surface area contributed by atoms with E-state index < -0.39 is 29.3 Å². The fourth-order valence-corrected chi connectivity index (χ4v) is 3.05. The highest BCUT2D eigenvalue weighted by Gasteiger charge is 2.33. The Labute approximate surface area is 153 Å². The van der Waals surface area contributed by atoms with E-state index >= 15 is 0 Å². The number of benzene rings is 1. The summed E-state index contributed by atoms with van der Waals surface area (Å²) >= 11 is 0.890. The van der Waals surface area contributed by atoms with Gasteiger partial charge in [-0.15, -0.1) is 0 Å². The number of hydrogen-bond acceptors (Lipinski definition) is 6. The Balaban J connectivity index is 2.05. The fraction of sp³-hybridized carbons (Fsp3) is 0.0667. The summed E-state index contributed by atoms with van der Waals surface area (Å²) in [5, 5.41) is -0.118. The molecule has 0 saturated carbocycles. The lowest BCUT2D eigenvalue weighted by Crippen LogP contribution is -2.32. The first-order valence-corrected chi connectivity index (χ1v) is 7.98. The van der Waals surface area contributed by atoms with Gasteiger partial charge in [-0.25, -0.2) is 29.0 Å². The summed E-state index contributed by atoms with van der Waals surface area (Å²) in [7, 11) is 0. The average molecular weight is 398 g/mol. The average Bonchev–Trinajstić information content (AvgIpc) is 3.05. The SMILES string of the molecule is NC(=O)N(c1ncc(-c2cnc(N)nc2)s1)c1cc(C(F)(F)F)ccc1F. The van der Waals surface area contributed by atoms with Crippen molar-refractivity contribution in [2.45, 2.75) is 6.18 Å². The molecule has 1 aromatic carbocycles. The lowest BCUT2D eigenvalue weighted by atomic mass is 10.1. The molecule has 2 aromatic heterocycles. The number of halogens is 4. The molecule has 0 atom stereocenters. The Kier molecular flexibility index (Phi) is 4.66. The largest absolute Gasteiger partial charge is 0.416 e. The number of aromatic nitrogens is 3. The summed E-state index contributed by atoms with van der Waals surface area (Å²) in [6, 6.07) is 0.476. The number of nitrogens with two attached hydrogens (primary N) is 2. The number of alkyl halides is 3. The van der Waals surface area contributed by atoms with Crippen LogP contribution >= 0.6 is 11.3 Å². The molecule has 3 aromatic rings. The predicted octanol–water partition coefficient (Wildman–Crippen LogP) is 3.56. The van der Waals surface area contributed by atoms with Gasteiger partial charge in [-0.3, -0.25) is 0 Å². The number of nitrogens with zero attached hydrogens (tertiary/aromatic N) is 4. The number of amides is 2. The number of hydrogen-bond donors (Lipinski definition) is 2. The van der Waals surface area contributed by atoms with Gasteiger partial charge in [-0.05, 0) is 18.2 Å². The van der Waals surface area contributed by atoms with Gasteiger partial charge in [0.15, 0.2) is 5.13 Å². The standard InChI is InChI=1S/C15H10F4N6OS/c16-9-2-1-8(15(17,18)19)3-10(9)25(13(21)26)14-24-6-11(27-14)7-4-22-12(20)23-5-7/h1-6H,(H2,21,26)(H2,20,22,23). The van der Waals surface area contributed by atoms with E-state index in [0.29, 0.717) is 33.5 Å². The Hall–Kier alpha value is -3.28. The van der Waals surface area contributed by atoms with Crippen LogP contribution < -0.4 is 16.4 Å². The molecular weight excluding hydrogens is 388 g/mol. The zero-order chi connectivity index (χ0) is 19.8. The molecule has 0 saturated heterocycles. The van der Waals surface area contributed by atoms with Crippen molar-refractivity contribution >= 4 is 34.1 Å². The van der Waals surface area contributed by atoms with Crippen LogP contribution in [-0.4, -0.2) is 21.0 Å². The van der Waals surface area contributed by atoms with Gasteiger partial charge in [0.1, 0.15) is 5.82 Å². The summed E-state index contributed by atoms with van der Waals surface area (Å²) < 4.78 is 52.9. The second kappa shape index (κ2) is 6.79. The van der Waals surface area contributed by atoms with E-state index in [0.717, 1.165) is 11.3 Å². The molecule has 0 aliphatic heterocycles. The van der Waals surface area contributed by atoms with E-state index in [1.54, 1.807) is 0 Å². The van der Waals surface area contributed by atoms with Crippen molar-refractivity contribution in [3.05, 3.63) is 48.2 Å². The summed E-state index contributed by atoms with van der Waals surface area (Å²) in [6.45, 7) is 0. The molecule has 0 bridgehead atoms. The summed E-state index contributed by atoms with van der Waals surface area (Å²) in [5.41, 5.74) is 9.37. The maximum Gasteiger partial charge on any atom is 0.416 e. The van der Waals surface area contributed by atoms with E-state index in [9.17, 15) is 22.4 Å². The van der Waals surface area contributed by atoms with E-state index in [-0.39, 0.29) is 11.1 Å². The highest BCUT2D eigenvalue weighted by atomic mass is 32.1. The molecule has 2 heterocycles. The molecule has 0 aliphatic rings. The van der Waals surface area contributed by atoms with Gasteiger partial charge in [0, 0.05) is 24.2 Å². The van der Waals surface area contributed by atoms with Crippen LogP contribution in [0.15, 0.2) is 36.8 Å². The zero-order valence-corrected chi connectivity index (χ0v) is 14.1. The fourth-order valence-electron chi connectivity index (χ4n) is 2.14. The number of carbonyl (C=O) groups is 1. The number of anilines is 3. The lowest BCUT2D eigenvalue weighted by molar-refractivity contribution is -0.137. The van der Waals surface area contributed by atoms with Crippen molar-refractivity contribution in [3.63, 3.8) is 0 Å². The molecular formula is C15H10F4N6OS. The molecule has 0 aliphatic carbocycles. The maximum atomic E-state index is 14.2. The molecule has 0 unspecified atom stereocenters. The Morgan fingerprint density at radius 1 is 1.11 bits per heavy atom. The topological polar surface area (TPSA) is 111 Å². The van der Waals surface area contributed by atoms with Crippen molar-refractivity contribution in [3.8, 4) is 10.4 Å². The molecule has 0 radical (unpaired) electrons. The first-order chi connectivity index (χ1) is 12.7. The molecule has 3 rings (SSSR count). The van der Waals surface area contributed by atoms with E-state index in [1.165, 1.54) is 18.6 Å². The van der Waals surface area contributed by atoms with E-state index in [4.69, 9.17) is 11.5 Å². The quantitative estimate of drug-likeness (QED) is 0.656. The third-order valence-electron chi connectivity index (χ3n) is 3.38. The smallest absolute Gasteiger partial charge is 0.368 e. The highest BCUT2D eigenvalue weighted by molar-refractivity contribution is 7.19. The number of rotatable bonds is 3. The Morgan fingerprint density at radius 2 is 1.78 bits per heavy atom. The molecule has 12 heteroatoms. The van der Waals surface area contributed by atoms with Crippen molar-refractivity contribution in [2.24, 2.45) is 5.73 Å². The molecule has 2 amide bonds. The van der Waals surface area contributed by atoms with E-state index in [2.05, 4.69) is 15.0 Å². The third-order valence-corrected chi connectivity index (χ3v) is 4.41. The van der Waals surface area contributed by atoms with Gasteiger partial charge in [0.2, 0.25) is 5.95 Å². The minimum Gasteiger partial charge on any atom is -0.368 e. The van der Waals surface area contributed by atoms with Crippen LogP contribution in [0.4, 0.5) is 39.1 Å². The van der Waals surface area contributed by atoms with Crippen LogP contribution in [-0.2, 0) is 6.18 Å². The van der Waals surface area contributed by atoms with Crippen LogP contribution in [0.3, 0.4) is 0 Å². The zero-order valence-electron chi connectivity index (χ0n) is 13.2. The number of carbonyl (C=O) groups excluding carboxylic acids is 1. The summed E-state index contributed by atoms with van der Waals surface area (Å²) in [5.74, 6) is -1.01. The van der Waals surface area contributed by atoms with Crippen molar-refractivity contribution in [1.29, 1.82) is 0 Å². The maximum absolute atomic E-state index is 14.2. The first-order valence-electron chi connectivity index (χ1n) is 7.17. The molecule has 27 heavy (non-hydrogen) atoms. The molecule has 0 fully saturated rings. The van der Waals surface area contributed by atoms with Gasteiger partial charge >= 0.3 is 12.2 Å². The number of nitrogen functional groups attached to an aromatic ring is 1. The van der Waals surface area contributed by atoms with Crippen LogP contribution in [0.25, 0.3) is 10.4 Å². The summed E-state index contributed by atoms with van der Waals surface area (Å²) in [4.78, 5) is 24.4. The lowest BCUT2D eigenvalue weighted by Gasteiger charge is -2.19. The molecule has 140 valence electrons. The molecule has 0 spiro atoms. The van der Waals surface area contributed by atoms with Crippen LogP contribution in [0.5, 0.6) is 0 Å². The van der Waals surface area contributed by atoms with Gasteiger partial charge in [0.05, 0.1) is 16.1 Å². The van der Waals surface area contributed by atoms with Crippen LogP contribution in [0, 0.1) is 5.82 Å². The van der Waals surface area contributed by atoms with Crippen molar-refractivity contribution < 1.29 is 22.4 Å². The summed E-state index contributed by atoms with van der Waals surface area (Å²) in [6.07, 6.45) is -0.588. The second-order valence-electron chi connectivity index (χ2n) is 5.17. The van der Waals surface area contributed by atoms with Gasteiger partial charge in [-0.2, -0.15) is 13.2 Å². The number of primary amides is 1.